The Kier molecular flexibility index (Phi) is 1.70. The van der Waals surface area contributed by atoms with Gasteiger partial charge in [0.15, 0.2) is 0 Å². The maximum absolute atomic E-state index is 11.1. The minimum atomic E-state index is -0.377. The van der Waals surface area contributed by atoms with E-state index in [4.69, 9.17) is 0 Å². The fourth-order valence-electron chi connectivity index (χ4n) is 1.65. The van der Waals surface area contributed by atoms with Gasteiger partial charge in [-0.1, -0.05) is 12.1 Å². The van der Waals surface area contributed by atoms with Crippen molar-refractivity contribution in [1.29, 1.82) is 0 Å². The first-order chi connectivity index (χ1) is 7.74. The molecule has 3 rings (SSSR count). The third-order valence-corrected chi connectivity index (χ3v) is 2.38. The van der Waals surface area contributed by atoms with Crippen molar-refractivity contribution < 1.29 is 0 Å². The molecule has 0 fully saturated rings. The van der Waals surface area contributed by atoms with E-state index in [1.165, 1.54) is 4.68 Å². The standard InChI is InChI=1S/C10H9N5O/c1-6-11-10(16)14-15(6)9-12-7-4-2-3-5-8(7)13-9/h2-5H,1H3,(H,12,13)(H,14,16). The van der Waals surface area contributed by atoms with Crippen LogP contribution in [0.4, 0.5) is 0 Å². The molecule has 0 unspecified atom stereocenters. The summed E-state index contributed by atoms with van der Waals surface area (Å²) < 4.78 is 1.53. The molecule has 2 N–H and O–H groups in total. The summed E-state index contributed by atoms with van der Waals surface area (Å²) in [5.41, 5.74) is 1.40. The highest BCUT2D eigenvalue weighted by molar-refractivity contribution is 5.75. The molecule has 80 valence electrons. The van der Waals surface area contributed by atoms with Crippen molar-refractivity contribution in [2.45, 2.75) is 6.92 Å². The predicted octanol–water partition coefficient (Wildman–Crippen LogP) is 0.745. The molecule has 2 heterocycles. The maximum Gasteiger partial charge on any atom is 0.361 e. The summed E-state index contributed by atoms with van der Waals surface area (Å²) in [6.45, 7) is 1.74. The second kappa shape index (κ2) is 3.06. The molecular formula is C10H9N5O. The number of hydrogen-bond donors (Lipinski definition) is 2. The summed E-state index contributed by atoms with van der Waals surface area (Å²) in [6, 6.07) is 7.67. The van der Waals surface area contributed by atoms with Gasteiger partial charge in [0.05, 0.1) is 11.0 Å². The molecule has 1 aromatic carbocycles. The third kappa shape index (κ3) is 1.23. The number of fused-ring (bicyclic) bond motifs is 1. The van der Waals surface area contributed by atoms with E-state index >= 15 is 0 Å². The zero-order valence-corrected chi connectivity index (χ0v) is 8.56. The lowest BCUT2D eigenvalue weighted by Gasteiger charge is -1.96. The second-order valence-corrected chi connectivity index (χ2v) is 3.49. The molecule has 3 aromatic rings. The molecule has 0 aliphatic heterocycles. The van der Waals surface area contributed by atoms with E-state index in [1.54, 1.807) is 6.92 Å². The first kappa shape index (κ1) is 8.90. The van der Waals surface area contributed by atoms with E-state index < -0.39 is 0 Å². The summed E-state index contributed by atoms with van der Waals surface area (Å²) in [6.07, 6.45) is 0. The first-order valence-electron chi connectivity index (χ1n) is 4.85. The van der Waals surface area contributed by atoms with E-state index in [-0.39, 0.29) is 5.69 Å². The number of nitrogens with zero attached hydrogens (tertiary/aromatic N) is 3. The quantitative estimate of drug-likeness (QED) is 0.628. The van der Waals surface area contributed by atoms with Crippen LogP contribution in [0.1, 0.15) is 5.82 Å². The smallest absolute Gasteiger partial charge is 0.322 e. The van der Waals surface area contributed by atoms with Crippen LogP contribution in [-0.4, -0.2) is 24.7 Å². The zero-order chi connectivity index (χ0) is 11.1. The van der Waals surface area contributed by atoms with Crippen molar-refractivity contribution in [2.75, 3.05) is 0 Å². The lowest BCUT2D eigenvalue weighted by atomic mass is 10.3. The Morgan fingerprint density at radius 3 is 2.75 bits per heavy atom. The average Bonchev–Trinajstić information content (AvgIpc) is 2.81. The molecule has 0 saturated heterocycles. The Morgan fingerprint density at radius 2 is 2.06 bits per heavy atom. The molecule has 16 heavy (non-hydrogen) atoms. The van der Waals surface area contributed by atoms with Crippen molar-refractivity contribution in [3.05, 3.63) is 40.6 Å². The molecule has 0 bridgehead atoms. The van der Waals surface area contributed by atoms with Gasteiger partial charge in [-0.05, 0) is 19.1 Å². The number of aromatic nitrogens is 5. The third-order valence-electron chi connectivity index (χ3n) is 2.38. The van der Waals surface area contributed by atoms with Crippen molar-refractivity contribution in [2.24, 2.45) is 0 Å². The lowest BCUT2D eigenvalue weighted by Crippen LogP contribution is -2.06. The van der Waals surface area contributed by atoms with Gasteiger partial charge in [-0.15, -0.1) is 0 Å². The van der Waals surface area contributed by atoms with E-state index in [1.807, 2.05) is 24.3 Å². The normalized spacial score (nSPS) is 11.1. The number of benzene rings is 1. The summed E-state index contributed by atoms with van der Waals surface area (Å²) in [7, 11) is 0. The van der Waals surface area contributed by atoms with Crippen molar-refractivity contribution in [1.82, 2.24) is 24.7 Å². The van der Waals surface area contributed by atoms with Gasteiger partial charge in [0, 0.05) is 0 Å². The molecule has 0 aliphatic rings. The second-order valence-electron chi connectivity index (χ2n) is 3.49. The van der Waals surface area contributed by atoms with Crippen molar-refractivity contribution >= 4 is 11.0 Å². The van der Waals surface area contributed by atoms with Crippen LogP contribution in [-0.2, 0) is 0 Å². The highest BCUT2D eigenvalue weighted by Crippen LogP contribution is 2.12. The number of aryl methyl sites for hydroxylation is 1. The Labute approximate surface area is 90.0 Å². The minimum absolute atomic E-state index is 0.377. The Morgan fingerprint density at radius 1 is 1.25 bits per heavy atom. The highest BCUT2D eigenvalue weighted by atomic mass is 16.1. The number of para-hydroxylation sites is 2. The number of nitrogens with one attached hydrogen (secondary N) is 2. The fraction of sp³-hybridized carbons (Fsp3) is 0.100. The van der Waals surface area contributed by atoms with Gasteiger partial charge in [0.25, 0.3) is 0 Å². The summed E-state index contributed by atoms with van der Waals surface area (Å²) in [5.74, 6) is 1.14. The monoisotopic (exact) mass is 215 g/mol. The molecule has 6 heteroatoms. The van der Waals surface area contributed by atoms with Gasteiger partial charge in [-0.25, -0.2) is 19.6 Å². The van der Waals surface area contributed by atoms with Crippen LogP contribution in [0, 0.1) is 6.92 Å². The summed E-state index contributed by atoms with van der Waals surface area (Å²) in [4.78, 5) is 22.3. The summed E-state index contributed by atoms with van der Waals surface area (Å²) >= 11 is 0. The maximum atomic E-state index is 11.1. The Bertz CT molecular complexity index is 672. The molecule has 0 spiro atoms. The van der Waals surface area contributed by atoms with Crippen LogP contribution in [0.5, 0.6) is 0 Å². The van der Waals surface area contributed by atoms with Crippen LogP contribution in [0.3, 0.4) is 0 Å². The largest absolute Gasteiger partial charge is 0.361 e. The molecule has 6 nitrogen and oxygen atoms in total. The van der Waals surface area contributed by atoms with E-state index in [9.17, 15) is 4.79 Å². The van der Waals surface area contributed by atoms with Gasteiger partial charge >= 0.3 is 5.69 Å². The van der Waals surface area contributed by atoms with E-state index in [0.29, 0.717) is 11.8 Å². The Hall–Kier alpha value is -2.37. The molecule has 0 radical (unpaired) electrons. The molecule has 0 saturated carbocycles. The number of imidazole rings is 1. The van der Waals surface area contributed by atoms with Gasteiger partial charge in [0.2, 0.25) is 5.95 Å². The minimum Gasteiger partial charge on any atom is -0.322 e. The Balaban J connectivity index is 2.26. The molecule has 0 atom stereocenters. The van der Waals surface area contributed by atoms with Crippen LogP contribution in [0.15, 0.2) is 29.1 Å². The zero-order valence-electron chi connectivity index (χ0n) is 8.56. The fourth-order valence-corrected chi connectivity index (χ4v) is 1.65. The molecule has 2 aromatic heterocycles. The number of rotatable bonds is 1. The lowest BCUT2D eigenvalue weighted by molar-refractivity contribution is 0.788. The van der Waals surface area contributed by atoms with Crippen LogP contribution >= 0.6 is 0 Å². The van der Waals surface area contributed by atoms with Crippen molar-refractivity contribution in [3.8, 4) is 5.95 Å². The summed E-state index contributed by atoms with van der Waals surface area (Å²) in [5, 5.41) is 2.58. The van der Waals surface area contributed by atoms with E-state index in [0.717, 1.165) is 11.0 Å². The number of H-pyrrole nitrogens is 2. The predicted molar refractivity (Wildman–Crippen MR) is 58.6 cm³/mol. The van der Waals surface area contributed by atoms with Gasteiger partial charge in [-0.3, -0.25) is 0 Å². The molecule has 0 amide bonds. The van der Waals surface area contributed by atoms with E-state index in [2.05, 4.69) is 20.1 Å². The van der Waals surface area contributed by atoms with Crippen LogP contribution in [0.2, 0.25) is 0 Å². The SMILES string of the molecule is Cc1nc(=O)[nH]n1-c1nc2ccccc2[nH]1. The highest BCUT2D eigenvalue weighted by Gasteiger charge is 2.07. The molecular weight excluding hydrogens is 206 g/mol. The van der Waals surface area contributed by atoms with Crippen LogP contribution < -0.4 is 5.69 Å². The average molecular weight is 215 g/mol. The van der Waals surface area contributed by atoms with Crippen LogP contribution in [0.25, 0.3) is 17.0 Å². The number of aromatic amines is 2. The van der Waals surface area contributed by atoms with Gasteiger partial charge in [0.1, 0.15) is 5.82 Å². The molecule has 0 aliphatic carbocycles. The van der Waals surface area contributed by atoms with Gasteiger partial charge < -0.3 is 4.98 Å². The topological polar surface area (TPSA) is 79.4 Å². The van der Waals surface area contributed by atoms with Crippen molar-refractivity contribution in [3.63, 3.8) is 0 Å². The number of hydrogen-bond acceptors (Lipinski definition) is 3. The van der Waals surface area contributed by atoms with Gasteiger partial charge in [-0.2, -0.15) is 4.98 Å². The first-order valence-corrected chi connectivity index (χ1v) is 4.85.